The lowest BCUT2D eigenvalue weighted by Gasteiger charge is -2.31. The Balaban J connectivity index is 1.21. The Morgan fingerprint density at radius 3 is 3.00 bits per heavy atom. The molecule has 0 saturated carbocycles. The van der Waals surface area contributed by atoms with Gasteiger partial charge in [0.25, 0.3) is 0 Å². The second-order valence-corrected chi connectivity index (χ2v) is 7.19. The third-order valence-corrected chi connectivity index (χ3v) is 5.52. The van der Waals surface area contributed by atoms with Crippen LogP contribution in [-0.4, -0.2) is 44.9 Å². The zero-order chi connectivity index (χ0) is 16.2. The van der Waals surface area contributed by atoms with Crippen LogP contribution in [-0.2, 0) is 6.42 Å². The van der Waals surface area contributed by atoms with Gasteiger partial charge in [0.2, 0.25) is 11.7 Å². The zero-order valence-electron chi connectivity index (χ0n) is 13.5. The van der Waals surface area contributed by atoms with Gasteiger partial charge in [-0.2, -0.15) is 10.1 Å². The number of nitrogens with one attached hydrogen (secondary N) is 1. The van der Waals surface area contributed by atoms with Crippen LogP contribution in [0.15, 0.2) is 34.4 Å². The summed E-state index contributed by atoms with van der Waals surface area (Å²) in [5, 5.41) is 13.1. The van der Waals surface area contributed by atoms with Crippen LogP contribution in [0, 0.1) is 0 Å². The largest absolute Gasteiger partial charge is 0.339 e. The van der Waals surface area contributed by atoms with Crippen LogP contribution in [0.3, 0.4) is 0 Å². The molecule has 0 radical (unpaired) electrons. The maximum absolute atomic E-state index is 5.36. The average molecular weight is 343 g/mol. The second-order valence-electron chi connectivity index (χ2n) is 6.24. The van der Waals surface area contributed by atoms with Crippen molar-refractivity contribution in [3.8, 4) is 10.7 Å². The van der Waals surface area contributed by atoms with Gasteiger partial charge in [-0.25, -0.2) is 0 Å². The van der Waals surface area contributed by atoms with Gasteiger partial charge in [0, 0.05) is 12.6 Å². The van der Waals surface area contributed by atoms with Crippen LogP contribution in [0.5, 0.6) is 0 Å². The lowest BCUT2D eigenvalue weighted by atomic mass is 9.91. The molecule has 24 heavy (non-hydrogen) atoms. The molecule has 4 heterocycles. The number of thiophene rings is 1. The number of aromatic amines is 1. The minimum atomic E-state index is 0.657. The Bertz CT molecular complexity index is 729. The van der Waals surface area contributed by atoms with Crippen molar-refractivity contribution in [2.45, 2.75) is 31.6 Å². The molecule has 7 heteroatoms. The lowest BCUT2D eigenvalue weighted by molar-refractivity contribution is 0.208. The van der Waals surface area contributed by atoms with Gasteiger partial charge >= 0.3 is 0 Å². The third kappa shape index (κ3) is 3.57. The number of hydrogen-bond acceptors (Lipinski definition) is 6. The van der Waals surface area contributed by atoms with Crippen molar-refractivity contribution in [2.75, 3.05) is 19.6 Å². The Kier molecular flexibility index (Phi) is 4.71. The van der Waals surface area contributed by atoms with Crippen molar-refractivity contribution < 1.29 is 4.52 Å². The first-order valence-electron chi connectivity index (χ1n) is 8.46. The van der Waals surface area contributed by atoms with Crippen LogP contribution < -0.4 is 0 Å². The molecule has 1 aliphatic heterocycles. The van der Waals surface area contributed by atoms with E-state index in [9.17, 15) is 0 Å². The number of likely N-dealkylation sites (tertiary alicyclic amines) is 1. The summed E-state index contributed by atoms with van der Waals surface area (Å²) >= 11 is 1.63. The SMILES string of the molecule is c1csc(-c2noc(CCCN3CCC(c4cn[nH]c4)CC3)n2)c1. The number of hydrogen-bond donors (Lipinski definition) is 1. The van der Waals surface area contributed by atoms with Gasteiger partial charge in [0.15, 0.2) is 0 Å². The minimum absolute atomic E-state index is 0.657. The summed E-state index contributed by atoms with van der Waals surface area (Å²) < 4.78 is 5.36. The summed E-state index contributed by atoms with van der Waals surface area (Å²) in [7, 11) is 0. The van der Waals surface area contributed by atoms with E-state index in [1.54, 1.807) is 11.3 Å². The molecular weight excluding hydrogens is 322 g/mol. The molecular formula is C17H21N5OS. The molecule has 0 atom stereocenters. The van der Waals surface area contributed by atoms with E-state index in [1.807, 2.05) is 29.9 Å². The topological polar surface area (TPSA) is 70.8 Å². The normalized spacial score (nSPS) is 16.7. The summed E-state index contributed by atoms with van der Waals surface area (Å²) in [6.45, 7) is 3.40. The van der Waals surface area contributed by atoms with Gasteiger partial charge in [-0.1, -0.05) is 11.2 Å². The number of aromatic nitrogens is 4. The van der Waals surface area contributed by atoms with Crippen LogP contribution in [0.1, 0.15) is 36.6 Å². The Hall–Kier alpha value is -1.99. The molecule has 0 spiro atoms. The first kappa shape index (κ1) is 15.5. The summed E-state index contributed by atoms with van der Waals surface area (Å²) in [6, 6.07) is 4.02. The van der Waals surface area contributed by atoms with Crippen molar-refractivity contribution in [3.05, 3.63) is 41.4 Å². The Labute approximate surface area is 144 Å². The average Bonchev–Trinajstić information content (AvgIpc) is 3.37. The Morgan fingerprint density at radius 2 is 2.25 bits per heavy atom. The number of rotatable bonds is 6. The highest BCUT2D eigenvalue weighted by molar-refractivity contribution is 7.13. The smallest absolute Gasteiger partial charge is 0.227 e. The molecule has 0 aliphatic carbocycles. The van der Waals surface area contributed by atoms with Crippen LogP contribution in [0.2, 0.25) is 0 Å². The highest BCUT2D eigenvalue weighted by atomic mass is 32.1. The first-order valence-corrected chi connectivity index (χ1v) is 9.34. The van der Waals surface area contributed by atoms with E-state index in [1.165, 1.54) is 18.4 Å². The van der Waals surface area contributed by atoms with E-state index in [4.69, 9.17) is 4.52 Å². The van der Waals surface area contributed by atoms with Gasteiger partial charge in [-0.15, -0.1) is 11.3 Å². The van der Waals surface area contributed by atoms with E-state index < -0.39 is 0 Å². The van der Waals surface area contributed by atoms with Gasteiger partial charge < -0.3 is 9.42 Å². The summed E-state index contributed by atoms with van der Waals surface area (Å²) in [5.74, 6) is 2.11. The lowest BCUT2D eigenvalue weighted by Crippen LogP contribution is -2.33. The van der Waals surface area contributed by atoms with Crippen molar-refractivity contribution in [1.29, 1.82) is 0 Å². The maximum atomic E-state index is 5.36. The van der Waals surface area contributed by atoms with Gasteiger partial charge in [-0.05, 0) is 61.8 Å². The molecule has 3 aromatic rings. The van der Waals surface area contributed by atoms with E-state index in [-0.39, 0.29) is 0 Å². The van der Waals surface area contributed by atoms with Gasteiger partial charge in [-0.3, -0.25) is 5.10 Å². The standard InChI is InChI=1S/C17H21N5OS/c1(4-16-20-17(21-23-16)15-3-2-10-24-15)7-22-8-5-13(6-9-22)14-11-18-19-12-14/h2-3,10-13H,1,4-9H2,(H,18,19). The number of nitrogens with zero attached hydrogens (tertiary/aromatic N) is 4. The van der Waals surface area contributed by atoms with Crippen molar-refractivity contribution in [3.63, 3.8) is 0 Å². The van der Waals surface area contributed by atoms with E-state index in [0.29, 0.717) is 11.7 Å². The fourth-order valence-electron chi connectivity index (χ4n) is 3.29. The van der Waals surface area contributed by atoms with Crippen LogP contribution in [0.4, 0.5) is 0 Å². The maximum Gasteiger partial charge on any atom is 0.227 e. The Morgan fingerprint density at radius 1 is 1.33 bits per heavy atom. The highest BCUT2D eigenvalue weighted by Gasteiger charge is 2.21. The van der Waals surface area contributed by atoms with E-state index >= 15 is 0 Å². The first-order chi connectivity index (χ1) is 11.9. The van der Waals surface area contributed by atoms with Gasteiger partial charge in [0.05, 0.1) is 11.1 Å². The molecule has 4 rings (SSSR count). The number of aryl methyl sites for hydroxylation is 1. The number of H-pyrrole nitrogens is 1. The zero-order valence-corrected chi connectivity index (χ0v) is 14.3. The number of piperidine rings is 1. The molecule has 0 amide bonds. The van der Waals surface area contributed by atoms with Crippen molar-refractivity contribution in [2.24, 2.45) is 0 Å². The second kappa shape index (κ2) is 7.27. The molecule has 1 N–H and O–H groups in total. The van der Waals surface area contributed by atoms with Crippen molar-refractivity contribution in [1.82, 2.24) is 25.2 Å². The van der Waals surface area contributed by atoms with E-state index in [0.717, 1.165) is 43.2 Å². The van der Waals surface area contributed by atoms with Crippen molar-refractivity contribution >= 4 is 11.3 Å². The van der Waals surface area contributed by atoms with E-state index in [2.05, 4.69) is 25.2 Å². The molecule has 0 unspecified atom stereocenters. The molecule has 0 aromatic carbocycles. The molecule has 3 aromatic heterocycles. The predicted octanol–water partition coefficient (Wildman–Crippen LogP) is 3.33. The molecule has 1 aliphatic rings. The molecule has 126 valence electrons. The molecule has 1 fully saturated rings. The minimum Gasteiger partial charge on any atom is -0.339 e. The summed E-state index contributed by atoms with van der Waals surface area (Å²) in [6.07, 6.45) is 8.32. The molecule has 1 saturated heterocycles. The fraction of sp³-hybridized carbons (Fsp3) is 0.471. The molecule has 6 nitrogen and oxygen atoms in total. The van der Waals surface area contributed by atoms with Gasteiger partial charge in [0.1, 0.15) is 0 Å². The monoisotopic (exact) mass is 343 g/mol. The quantitative estimate of drug-likeness (QED) is 0.743. The van der Waals surface area contributed by atoms with Crippen LogP contribution >= 0.6 is 11.3 Å². The third-order valence-electron chi connectivity index (χ3n) is 4.65. The highest BCUT2D eigenvalue weighted by Crippen LogP contribution is 2.27. The fourth-order valence-corrected chi connectivity index (χ4v) is 3.94. The summed E-state index contributed by atoms with van der Waals surface area (Å²) in [4.78, 5) is 8.08. The predicted molar refractivity (Wildman–Crippen MR) is 92.9 cm³/mol. The summed E-state index contributed by atoms with van der Waals surface area (Å²) in [5.41, 5.74) is 1.35. The van der Waals surface area contributed by atoms with Crippen LogP contribution in [0.25, 0.3) is 10.7 Å². The molecule has 0 bridgehead atoms.